The molecular weight excluding hydrogens is 346 g/mol. The molecule has 1 aliphatic heterocycles. The van der Waals surface area contributed by atoms with Gasteiger partial charge in [0.2, 0.25) is 5.91 Å². The number of amides is 1. The minimum atomic E-state index is 0.0330. The van der Waals surface area contributed by atoms with Crippen LogP contribution in [-0.2, 0) is 17.8 Å². The number of hydrogen-bond donors (Lipinski definition) is 1. The van der Waals surface area contributed by atoms with Gasteiger partial charge in [0, 0.05) is 24.2 Å². The van der Waals surface area contributed by atoms with Crippen LogP contribution in [-0.4, -0.2) is 27.0 Å². The number of para-hydroxylation sites is 2. The van der Waals surface area contributed by atoms with Gasteiger partial charge < -0.3 is 9.88 Å². The minimum absolute atomic E-state index is 0.0330. The molecule has 2 heterocycles. The molecule has 0 atom stereocenters. The Balaban J connectivity index is 1.52. The van der Waals surface area contributed by atoms with E-state index in [0.29, 0.717) is 24.2 Å². The summed E-state index contributed by atoms with van der Waals surface area (Å²) in [6.07, 6.45) is 1.15. The summed E-state index contributed by atoms with van der Waals surface area (Å²) in [5, 5.41) is 3.71. The van der Waals surface area contributed by atoms with Gasteiger partial charge in [0.05, 0.1) is 16.8 Å². The van der Waals surface area contributed by atoms with Crippen molar-refractivity contribution in [2.75, 3.05) is 11.1 Å². The molecule has 1 aromatic heterocycles. The molecule has 5 nitrogen and oxygen atoms in total. The average Bonchev–Trinajstić information content (AvgIpc) is 3.03. The van der Waals surface area contributed by atoms with Crippen molar-refractivity contribution >= 4 is 40.2 Å². The number of ketones is 1. The molecule has 1 N–H and O–H groups in total. The molecule has 3 aromatic rings. The second kappa shape index (κ2) is 6.96. The fraction of sp³-hybridized carbons (Fsp3) is 0.250. The molecule has 0 radical (unpaired) electrons. The zero-order valence-corrected chi connectivity index (χ0v) is 15.3. The molecule has 0 fully saturated rings. The Bertz CT molecular complexity index is 1010. The lowest BCUT2D eigenvalue weighted by molar-refractivity contribution is -0.116. The number of carbonyl (C=O) groups excluding carboxylic acids is 2. The molecule has 2 aromatic carbocycles. The molecule has 0 unspecified atom stereocenters. The summed E-state index contributed by atoms with van der Waals surface area (Å²) in [6, 6.07) is 13.5. The number of thioether (sulfide) groups is 1. The monoisotopic (exact) mass is 365 g/mol. The van der Waals surface area contributed by atoms with Crippen molar-refractivity contribution in [1.82, 2.24) is 9.55 Å². The number of aromatic nitrogens is 2. The number of nitrogens with one attached hydrogen (secondary N) is 1. The maximum Gasteiger partial charge on any atom is 0.224 e. The van der Waals surface area contributed by atoms with E-state index in [1.807, 2.05) is 30.3 Å². The van der Waals surface area contributed by atoms with E-state index in [2.05, 4.69) is 27.9 Å². The molecule has 0 bridgehead atoms. The van der Waals surface area contributed by atoms with Gasteiger partial charge in [-0.2, -0.15) is 0 Å². The number of imidazole rings is 1. The number of benzene rings is 2. The molecular formula is C20H19N3O2S. The first-order chi connectivity index (χ1) is 12.7. The Kier molecular flexibility index (Phi) is 4.51. The zero-order valence-electron chi connectivity index (χ0n) is 14.5. The van der Waals surface area contributed by atoms with E-state index in [1.165, 1.54) is 11.8 Å². The molecule has 4 rings (SSSR count). The molecule has 6 heteroatoms. The maximum atomic E-state index is 12.6. The number of Topliss-reactive ketones (excluding diaryl/α,β-unsaturated/α-hetero) is 1. The summed E-state index contributed by atoms with van der Waals surface area (Å²) in [5.74, 6) is 0.448. The Labute approximate surface area is 155 Å². The molecule has 132 valence electrons. The fourth-order valence-corrected chi connectivity index (χ4v) is 4.21. The SMILES string of the molecule is CCn1c(SCC(=O)c2ccc3c(c2)CCC(=O)N3)nc2ccccc21. The number of aryl methyl sites for hydroxylation is 2. The first kappa shape index (κ1) is 16.8. The molecule has 0 spiro atoms. The largest absolute Gasteiger partial charge is 0.326 e. The van der Waals surface area contributed by atoms with E-state index in [9.17, 15) is 9.59 Å². The van der Waals surface area contributed by atoms with Gasteiger partial charge >= 0.3 is 0 Å². The van der Waals surface area contributed by atoms with Crippen LogP contribution < -0.4 is 5.32 Å². The van der Waals surface area contributed by atoms with Gasteiger partial charge in [0.25, 0.3) is 0 Å². The number of carbonyl (C=O) groups is 2. The van der Waals surface area contributed by atoms with E-state index in [-0.39, 0.29) is 11.7 Å². The number of fused-ring (bicyclic) bond motifs is 2. The zero-order chi connectivity index (χ0) is 18.1. The Morgan fingerprint density at radius 3 is 2.92 bits per heavy atom. The highest BCUT2D eigenvalue weighted by molar-refractivity contribution is 7.99. The van der Waals surface area contributed by atoms with Crippen LogP contribution in [0.15, 0.2) is 47.6 Å². The summed E-state index contributed by atoms with van der Waals surface area (Å²) < 4.78 is 2.13. The number of nitrogens with zero attached hydrogens (tertiary/aromatic N) is 2. The van der Waals surface area contributed by atoms with Gasteiger partial charge in [-0.3, -0.25) is 9.59 Å². The third-order valence-electron chi connectivity index (χ3n) is 4.59. The van der Waals surface area contributed by atoms with Crippen LogP contribution in [0.25, 0.3) is 11.0 Å². The molecule has 0 saturated heterocycles. The van der Waals surface area contributed by atoms with Crippen LogP contribution in [0, 0.1) is 0 Å². The van der Waals surface area contributed by atoms with Crippen molar-refractivity contribution < 1.29 is 9.59 Å². The van der Waals surface area contributed by atoms with Crippen molar-refractivity contribution in [3.63, 3.8) is 0 Å². The lowest BCUT2D eigenvalue weighted by atomic mass is 9.99. The van der Waals surface area contributed by atoms with Crippen molar-refractivity contribution in [3.05, 3.63) is 53.6 Å². The van der Waals surface area contributed by atoms with E-state index in [4.69, 9.17) is 0 Å². The predicted octanol–water partition coefficient (Wildman–Crippen LogP) is 3.92. The quantitative estimate of drug-likeness (QED) is 0.550. The van der Waals surface area contributed by atoms with Crippen LogP contribution in [0.2, 0.25) is 0 Å². The summed E-state index contributed by atoms with van der Waals surface area (Å²) in [7, 11) is 0. The van der Waals surface area contributed by atoms with Crippen LogP contribution in [0.5, 0.6) is 0 Å². The average molecular weight is 365 g/mol. The first-order valence-corrected chi connectivity index (χ1v) is 9.68. The fourth-order valence-electron chi connectivity index (χ4n) is 3.24. The highest BCUT2D eigenvalue weighted by Gasteiger charge is 2.17. The molecule has 1 amide bonds. The van der Waals surface area contributed by atoms with E-state index in [1.54, 1.807) is 6.07 Å². The second-order valence-electron chi connectivity index (χ2n) is 6.26. The number of hydrogen-bond acceptors (Lipinski definition) is 4. The minimum Gasteiger partial charge on any atom is -0.326 e. The predicted molar refractivity (Wildman–Crippen MR) is 104 cm³/mol. The maximum absolute atomic E-state index is 12.6. The Morgan fingerprint density at radius 1 is 1.23 bits per heavy atom. The number of rotatable bonds is 5. The molecule has 26 heavy (non-hydrogen) atoms. The van der Waals surface area contributed by atoms with Gasteiger partial charge in [-0.25, -0.2) is 4.98 Å². The first-order valence-electron chi connectivity index (χ1n) is 8.69. The van der Waals surface area contributed by atoms with Gasteiger partial charge in [0.1, 0.15) is 0 Å². The Hall–Kier alpha value is -2.60. The van der Waals surface area contributed by atoms with Gasteiger partial charge in [-0.05, 0) is 49.2 Å². The summed E-state index contributed by atoms with van der Waals surface area (Å²) in [6.45, 7) is 2.90. The van der Waals surface area contributed by atoms with Gasteiger partial charge in [-0.1, -0.05) is 23.9 Å². The lowest BCUT2D eigenvalue weighted by Crippen LogP contribution is -2.19. The highest BCUT2D eigenvalue weighted by atomic mass is 32.2. The summed E-state index contributed by atoms with van der Waals surface area (Å²) in [5.41, 5.74) is 4.58. The third kappa shape index (κ3) is 3.12. The summed E-state index contributed by atoms with van der Waals surface area (Å²) >= 11 is 1.47. The van der Waals surface area contributed by atoms with Crippen LogP contribution in [0.1, 0.15) is 29.3 Å². The van der Waals surface area contributed by atoms with E-state index in [0.717, 1.165) is 34.0 Å². The topological polar surface area (TPSA) is 64.0 Å². The number of anilines is 1. The van der Waals surface area contributed by atoms with Crippen LogP contribution in [0.3, 0.4) is 0 Å². The van der Waals surface area contributed by atoms with Crippen molar-refractivity contribution in [2.24, 2.45) is 0 Å². The van der Waals surface area contributed by atoms with Crippen LogP contribution >= 0.6 is 11.8 Å². The van der Waals surface area contributed by atoms with Crippen molar-refractivity contribution in [2.45, 2.75) is 31.5 Å². The molecule has 0 aliphatic carbocycles. The standard InChI is InChI=1S/C20H19N3O2S/c1-2-23-17-6-4-3-5-16(17)22-20(23)26-12-18(24)14-7-9-15-13(11-14)8-10-19(25)21-15/h3-7,9,11H,2,8,10,12H2,1H3,(H,21,25). The van der Waals surface area contributed by atoms with Crippen LogP contribution in [0.4, 0.5) is 5.69 Å². The van der Waals surface area contributed by atoms with Gasteiger partial charge in [0.15, 0.2) is 10.9 Å². The van der Waals surface area contributed by atoms with Crippen molar-refractivity contribution in [3.8, 4) is 0 Å². The normalized spacial score (nSPS) is 13.5. The van der Waals surface area contributed by atoms with E-state index < -0.39 is 0 Å². The molecule has 1 aliphatic rings. The third-order valence-corrected chi connectivity index (χ3v) is 5.57. The highest BCUT2D eigenvalue weighted by Crippen LogP contribution is 2.27. The molecule has 0 saturated carbocycles. The smallest absolute Gasteiger partial charge is 0.224 e. The second-order valence-corrected chi connectivity index (χ2v) is 7.20. The van der Waals surface area contributed by atoms with Crippen molar-refractivity contribution in [1.29, 1.82) is 0 Å². The lowest BCUT2D eigenvalue weighted by Gasteiger charge is -2.17. The Morgan fingerprint density at radius 2 is 2.08 bits per heavy atom. The summed E-state index contributed by atoms with van der Waals surface area (Å²) in [4.78, 5) is 28.7. The van der Waals surface area contributed by atoms with Gasteiger partial charge in [-0.15, -0.1) is 0 Å². The van der Waals surface area contributed by atoms with E-state index >= 15 is 0 Å².